The van der Waals surface area contributed by atoms with E-state index in [2.05, 4.69) is 16.9 Å². The fourth-order valence-corrected chi connectivity index (χ4v) is 2.39. The second kappa shape index (κ2) is 6.90. The summed E-state index contributed by atoms with van der Waals surface area (Å²) in [6.07, 6.45) is -0.300. The summed E-state index contributed by atoms with van der Waals surface area (Å²) in [5.41, 5.74) is 2.29. The van der Waals surface area contributed by atoms with Crippen molar-refractivity contribution in [3.63, 3.8) is 0 Å². The molecular formula is C10H17N3O6S. The first-order valence-electron chi connectivity index (χ1n) is 5.77. The minimum atomic E-state index is -1.53. The Bertz CT molecular complexity index is 392. The van der Waals surface area contributed by atoms with Gasteiger partial charge in [0, 0.05) is 12.4 Å². The smallest absolute Gasteiger partial charge is 0.323 e. The zero-order valence-electron chi connectivity index (χ0n) is 10.8. The average Bonchev–Trinajstić information content (AvgIpc) is 2.61. The molecule has 5 N–H and O–H groups in total. The van der Waals surface area contributed by atoms with Gasteiger partial charge in [-0.05, 0) is 0 Å². The van der Waals surface area contributed by atoms with Crippen molar-refractivity contribution in [3.8, 4) is 0 Å². The molecule has 3 unspecified atom stereocenters. The molecule has 9 nitrogen and oxygen atoms in total. The van der Waals surface area contributed by atoms with Gasteiger partial charge in [0.1, 0.15) is 6.54 Å². The van der Waals surface area contributed by atoms with Crippen molar-refractivity contribution in [2.75, 3.05) is 13.1 Å². The number of carboxylic acid groups (broad SMARTS) is 2. The molecule has 1 saturated heterocycles. The Morgan fingerprint density at radius 2 is 2.05 bits per heavy atom. The van der Waals surface area contributed by atoms with Gasteiger partial charge in [-0.1, -0.05) is 6.58 Å². The van der Waals surface area contributed by atoms with Gasteiger partial charge in [0.2, 0.25) is 5.92 Å². The molecule has 0 bridgehead atoms. The van der Waals surface area contributed by atoms with Gasteiger partial charge in [0.25, 0.3) is 0 Å². The molecule has 1 aliphatic rings. The summed E-state index contributed by atoms with van der Waals surface area (Å²) in [6, 6.07) is 0. The van der Waals surface area contributed by atoms with E-state index in [1.54, 1.807) is 11.9 Å². The highest BCUT2D eigenvalue weighted by Gasteiger charge is 2.39. The predicted molar refractivity (Wildman–Crippen MR) is 67.9 cm³/mol. The molecular weight excluding hydrogens is 290 g/mol. The highest BCUT2D eigenvalue weighted by atomic mass is 32.1. The molecule has 0 radical (unpaired) electrons. The van der Waals surface area contributed by atoms with Crippen LogP contribution in [0.2, 0.25) is 0 Å². The predicted octanol–water partition coefficient (Wildman–Crippen LogP) is -2.34. The van der Waals surface area contributed by atoms with Crippen LogP contribution in [-0.4, -0.2) is 57.2 Å². The highest BCUT2D eigenvalue weighted by molar-refractivity contribution is 7.59. The standard InChI is InChI=1S/C10H17N3O6S/c1-5(19-18)3-13-6(2)12(10(20)11-13)4-7(8(14)15)9(16)17/h6-7,10-11,18,20H,1,3-4H2,2H3,(H,14,15)(H,16,17). The summed E-state index contributed by atoms with van der Waals surface area (Å²) < 4.78 is 0. The van der Waals surface area contributed by atoms with Crippen molar-refractivity contribution in [1.29, 1.82) is 0 Å². The Morgan fingerprint density at radius 1 is 1.50 bits per heavy atom. The van der Waals surface area contributed by atoms with E-state index in [0.29, 0.717) is 4.90 Å². The van der Waals surface area contributed by atoms with E-state index in [9.17, 15) is 9.59 Å². The molecule has 0 aliphatic carbocycles. The van der Waals surface area contributed by atoms with E-state index < -0.39 is 23.4 Å². The van der Waals surface area contributed by atoms with Crippen molar-refractivity contribution in [1.82, 2.24) is 10.4 Å². The fraction of sp³-hybridized carbons (Fsp3) is 0.600. The summed E-state index contributed by atoms with van der Waals surface area (Å²) in [7, 11) is 0. The van der Waals surface area contributed by atoms with Gasteiger partial charge in [0.05, 0.1) is 6.54 Å². The second-order valence-corrected chi connectivity index (χ2v) is 4.92. The van der Waals surface area contributed by atoms with Crippen molar-refractivity contribution in [3.05, 3.63) is 12.3 Å². The van der Waals surface area contributed by atoms with Gasteiger partial charge in [-0.25, -0.2) is 10.7 Å². The average molecular weight is 307 g/mol. The van der Waals surface area contributed by atoms with Gasteiger partial charge in [-0.15, -0.1) is 0 Å². The molecule has 0 aromatic carbocycles. The van der Waals surface area contributed by atoms with Crippen LogP contribution in [0.4, 0.5) is 0 Å². The van der Waals surface area contributed by atoms with Crippen molar-refractivity contribution < 1.29 is 34.8 Å². The number of nitrogens with one attached hydrogen (secondary N) is 2. The summed E-state index contributed by atoms with van der Waals surface area (Å²) >= 11 is 5.15. The Hall–Kier alpha value is -1.33. The number of hydrogen-bond donors (Lipinski definition) is 5. The van der Waals surface area contributed by atoms with Gasteiger partial charge in [0.15, 0.2) is 11.9 Å². The fourth-order valence-electron chi connectivity index (χ4n) is 1.96. The first-order valence-corrected chi connectivity index (χ1v) is 6.24. The Balaban J connectivity index is 2.73. The largest absolute Gasteiger partial charge is 0.709 e. The van der Waals surface area contributed by atoms with Crippen molar-refractivity contribution in [2.24, 2.45) is 5.92 Å². The lowest BCUT2D eigenvalue weighted by Crippen LogP contribution is -3.18. The van der Waals surface area contributed by atoms with Crippen LogP contribution in [0.3, 0.4) is 0 Å². The lowest BCUT2D eigenvalue weighted by molar-refractivity contribution is -0.928. The third kappa shape index (κ3) is 3.84. The summed E-state index contributed by atoms with van der Waals surface area (Å²) in [5.74, 6) is -4.25. The molecule has 114 valence electrons. The number of nitrogens with zero attached hydrogens (tertiary/aromatic N) is 1. The normalized spacial score (nSPS) is 26.7. The topological polar surface area (TPSA) is 124 Å². The lowest BCUT2D eigenvalue weighted by Gasteiger charge is -2.28. The van der Waals surface area contributed by atoms with E-state index in [-0.39, 0.29) is 25.0 Å². The van der Waals surface area contributed by atoms with Crippen LogP contribution in [0.5, 0.6) is 0 Å². The third-order valence-electron chi connectivity index (χ3n) is 3.14. The molecule has 0 aromatic heterocycles. The Labute approximate surface area is 120 Å². The van der Waals surface area contributed by atoms with Gasteiger partial charge >= 0.3 is 11.9 Å². The van der Waals surface area contributed by atoms with E-state index in [0.717, 1.165) is 0 Å². The molecule has 0 amide bonds. The van der Waals surface area contributed by atoms with Gasteiger partial charge in [-0.3, -0.25) is 9.59 Å². The number of carboxylic acids is 2. The van der Waals surface area contributed by atoms with Crippen LogP contribution in [0.15, 0.2) is 12.3 Å². The molecule has 1 aliphatic heterocycles. The first kappa shape index (κ1) is 16.7. The van der Waals surface area contributed by atoms with Gasteiger partial charge in [-0.2, -0.15) is 5.01 Å². The van der Waals surface area contributed by atoms with E-state index >= 15 is 0 Å². The minimum Gasteiger partial charge on any atom is -0.709 e. The van der Waals surface area contributed by atoms with Crippen LogP contribution in [-0.2, 0) is 27.1 Å². The SMILES string of the molecule is C=C(CN1NC([S-])[NH+](CC(C(=O)O)C(=O)O)C1C)OO. The monoisotopic (exact) mass is 307 g/mol. The molecule has 1 fully saturated rings. The van der Waals surface area contributed by atoms with Crippen LogP contribution in [0.25, 0.3) is 0 Å². The van der Waals surface area contributed by atoms with Crippen molar-refractivity contribution >= 4 is 24.6 Å². The number of hydrogen-bond acceptors (Lipinski definition) is 7. The zero-order valence-corrected chi connectivity index (χ0v) is 11.6. The number of rotatable bonds is 7. The Morgan fingerprint density at radius 3 is 2.50 bits per heavy atom. The van der Waals surface area contributed by atoms with Crippen LogP contribution >= 0.6 is 0 Å². The number of carbonyl (C=O) groups is 2. The molecule has 20 heavy (non-hydrogen) atoms. The van der Waals surface area contributed by atoms with Gasteiger partial charge < -0.3 is 32.6 Å². The molecule has 1 heterocycles. The van der Waals surface area contributed by atoms with E-state index in [1.165, 1.54) is 0 Å². The molecule has 3 atom stereocenters. The maximum absolute atomic E-state index is 10.9. The minimum absolute atomic E-state index is 0.0841. The van der Waals surface area contributed by atoms with E-state index in [1.807, 2.05) is 0 Å². The summed E-state index contributed by atoms with van der Waals surface area (Å²) in [6.45, 7) is 5.18. The molecule has 0 spiro atoms. The third-order valence-corrected chi connectivity index (χ3v) is 3.54. The number of quaternary nitrogens is 1. The van der Waals surface area contributed by atoms with Crippen LogP contribution in [0, 0.1) is 5.92 Å². The van der Waals surface area contributed by atoms with Crippen LogP contribution < -0.4 is 10.3 Å². The quantitative estimate of drug-likeness (QED) is 0.116. The number of hydrazine groups is 1. The maximum Gasteiger partial charge on any atom is 0.323 e. The zero-order chi connectivity index (χ0) is 15.4. The molecule has 1 rings (SSSR count). The Kier molecular flexibility index (Phi) is 5.77. The van der Waals surface area contributed by atoms with Crippen molar-refractivity contribution in [2.45, 2.75) is 18.6 Å². The summed E-state index contributed by atoms with van der Waals surface area (Å²) in [5, 5.41) is 27.9. The highest BCUT2D eigenvalue weighted by Crippen LogP contribution is 2.03. The lowest BCUT2D eigenvalue weighted by atomic mass is 10.1. The maximum atomic E-state index is 10.9. The second-order valence-electron chi connectivity index (χ2n) is 4.45. The summed E-state index contributed by atoms with van der Waals surface area (Å²) in [4.78, 5) is 26.4. The van der Waals surface area contributed by atoms with E-state index in [4.69, 9.17) is 28.1 Å². The molecule has 10 heteroatoms. The molecule has 0 aromatic rings. The molecule has 0 saturated carbocycles. The number of aliphatic carboxylic acids is 2. The van der Waals surface area contributed by atoms with Crippen LogP contribution in [0.1, 0.15) is 6.92 Å². The first-order chi connectivity index (χ1) is 9.27.